The molecule has 1 amide bonds. The maximum atomic E-state index is 12.1. The lowest BCUT2D eigenvalue weighted by Gasteiger charge is -2.10. The SMILES string of the molecule is O=C(NN=Cc1ccc(Br)cc1)c1n[nH]c2c1CCCC2. The zero-order valence-electron chi connectivity index (χ0n) is 11.4. The number of hydrogen-bond acceptors (Lipinski definition) is 3. The normalized spacial score (nSPS) is 14.1. The number of nitrogens with one attached hydrogen (secondary N) is 2. The van der Waals surface area contributed by atoms with Gasteiger partial charge in [0.25, 0.3) is 5.91 Å². The average molecular weight is 347 g/mol. The molecule has 0 bridgehead atoms. The van der Waals surface area contributed by atoms with Gasteiger partial charge in [-0.3, -0.25) is 9.89 Å². The highest BCUT2D eigenvalue weighted by molar-refractivity contribution is 9.10. The molecule has 5 nitrogen and oxygen atoms in total. The summed E-state index contributed by atoms with van der Waals surface area (Å²) in [5.41, 5.74) is 6.05. The van der Waals surface area contributed by atoms with E-state index in [1.807, 2.05) is 24.3 Å². The van der Waals surface area contributed by atoms with Crippen LogP contribution in [-0.4, -0.2) is 22.3 Å². The van der Waals surface area contributed by atoms with Crippen molar-refractivity contribution in [3.63, 3.8) is 0 Å². The van der Waals surface area contributed by atoms with Crippen LogP contribution in [0.3, 0.4) is 0 Å². The van der Waals surface area contributed by atoms with E-state index in [-0.39, 0.29) is 5.91 Å². The van der Waals surface area contributed by atoms with Gasteiger partial charge in [-0.15, -0.1) is 0 Å². The highest BCUT2D eigenvalue weighted by Gasteiger charge is 2.21. The van der Waals surface area contributed by atoms with Crippen molar-refractivity contribution in [2.24, 2.45) is 5.10 Å². The Bertz CT molecular complexity index is 675. The number of H-pyrrole nitrogens is 1. The first-order valence-electron chi connectivity index (χ1n) is 6.89. The van der Waals surface area contributed by atoms with Crippen molar-refractivity contribution in [3.05, 3.63) is 51.3 Å². The molecule has 0 aliphatic heterocycles. The van der Waals surface area contributed by atoms with Crippen LogP contribution < -0.4 is 5.43 Å². The third-order valence-corrected chi connectivity index (χ3v) is 4.05. The van der Waals surface area contributed by atoms with Crippen LogP contribution in [0.2, 0.25) is 0 Å². The number of aromatic nitrogens is 2. The maximum Gasteiger partial charge on any atom is 0.292 e. The van der Waals surface area contributed by atoms with Crippen molar-refractivity contribution in [1.29, 1.82) is 0 Å². The zero-order valence-corrected chi connectivity index (χ0v) is 13.0. The monoisotopic (exact) mass is 346 g/mol. The predicted molar refractivity (Wildman–Crippen MR) is 84.4 cm³/mol. The number of amides is 1. The number of nitrogens with zero attached hydrogens (tertiary/aromatic N) is 2. The first kappa shape index (κ1) is 14.0. The van der Waals surface area contributed by atoms with E-state index < -0.39 is 0 Å². The predicted octanol–water partition coefficient (Wildman–Crippen LogP) is 2.81. The Labute approximate surface area is 131 Å². The van der Waals surface area contributed by atoms with Gasteiger partial charge in [-0.1, -0.05) is 28.1 Å². The highest BCUT2D eigenvalue weighted by atomic mass is 79.9. The minimum atomic E-state index is -0.261. The maximum absolute atomic E-state index is 12.1. The number of halogens is 1. The molecule has 0 saturated heterocycles. The van der Waals surface area contributed by atoms with E-state index >= 15 is 0 Å². The number of rotatable bonds is 3. The van der Waals surface area contributed by atoms with Crippen LogP contribution in [0.1, 0.15) is 40.2 Å². The quantitative estimate of drug-likeness (QED) is 0.662. The van der Waals surface area contributed by atoms with Crippen LogP contribution in [0.5, 0.6) is 0 Å². The van der Waals surface area contributed by atoms with E-state index in [1.165, 1.54) is 0 Å². The fourth-order valence-electron chi connectivity index (χ4n) is 2.44. The van der Waals surface area contributed by atoms with E-state index in [4.69, 9.17) is 0 Å². The Morgan fingerprint density at radius 1 is 1.29 bits per heavy atom. The molecule has 1 aromatic carbocycles. The van der Waals surface area contributed by atoms with Crippen molar-refractivity contribution in [3.8, 4) is 0 Å². The van der Waals surface area contributed by atoms with E-state index in [0.717, 1.165) is 47.0 Å². The lowest BCUT2D eigenvalue weighted by Crippen LogP contribution is -2.20. The van der Waals surface area contributed by atoms with Gasteiger partial charge in [0.05, 0.1) is 6.21 Å². The van der Waals surface area contributed by atoms with Gasteiger partial charge in [-0.05, 0) is 43.4 Å². The zero-order chi connectivity index (χ0) is 14.7. The minimum Gasteiger partial charge on any atom is -0.281 e. The standard InChI is InChI=1S/C15H15BrN4O/c16-11-7-5-10(6-8-11)9-17-20-15(21)14-12-3-1-2-4-13(12)18-19-14/h5-9H,1-4H2,(H,18,19)(H,20,21). The summed E-state index contributed by atoms with van der Waals surface area (Å²) in [5, 5.41) is 11.1. The number of fused-ring (bicyclic) bond motifs is 1. The molecule has 1 aromatic heterocycles. The van der Waals surface area contributed by atoms with Crippen molar-refractivity contribution >= 4 is 28.1 Å². The highest BCUT2D eigenvalue weighted by Crippen LogP contribution is 2.21. The van der Waals surface area contributed by atoms with Gasteiger partial charge >= 0.3 is 0 Å². The number of aryl methyl sites for hydroxylation is 1. The van der Waals surface area contributed by atoms with Crippen LogP contribution in [0, 0.1) is 0 Å². The minimum absolute atomic E-state index is 0.261. The Hall–Kier alpha value is -1.95. The summed E-state index contributed by atoms with van der Waals surface area (Å²) < 4.78 is 1.01. The lowest BCUT2D eigenvalue weighted by atomic mass is 9.96. The summed E-state index contributed by atoms with van der Waals surface area (Å²) >= 11 is 3.37. The molecule has 21 heavy (non-hydrogen) atoms. The van der Waals surface area contributed by atoms with Crippen LogP contribution >= 0.6 is 15.9 Å². The molecule has 3 rings (SSSR count). The van der Waals surface area contributed by atoms with Gasteiger partial charge in [0.15, 0.2) is 5.69 Å². The van der Waals surface area contributed by atoms with Crippen molar-refractivity contribution in [2.75, 3.05) is 0 Å². The molecular formula is C15H15BrN4O. The molecule has 1 aliphatic carbocycles. The van der Waals surface area contributed by atoms with Gasteiger partial charge in [0, 0.05) is 15.7 Å². The third kappa shape index (κ3) is 3.21. The molecule has 0 saturated carbocycles. The number of hydrogen-bond donors (Lipinski definition) is 2. The fraction of sp³-hybridized carbons (Fsp3) is 0.267. The van der Waals surface area contributed by atoms with Crippen LogP contribution in [0.15, 0.2) is 33.8 Å². The molecular weight excluding hydrogens is 332 g/mol. The summed E-state index contributed by atoms with van der Waals surface area (Å²) in [4.78, 5) is 12.1. The van der Waals surface area contributed by atoms with Crippen LogP contribution in [0.25, 0.3) is 0 Å². The molecule has 2 N–H and O–H groups in total. The summed E-state index contributed by atoms with van der Waals surface area (Å²) in [6.45, 7) is 0. The lowest BCUT2D eigenvalue weighted by molar-refractivity contribution is 0.0949. The molecule has 6 heteroatoms. The molecule has 108 valence electrons. The first-order valence-corrected chi connectivity index (χ1v) is 7.68. The second kappa shape index (κ2) is 6.22. The Kier molecular flexibility index (Phi) is 4.15. The number of aromatic amines is 1. The molecule has 0 fully saturated rings. The first-order chi connectivity index (χ1) is 10.2. The van der Waals surface area contributed by atoms with Crippen LogP contribution in [0.4, 0.5) is 0 Å². The number of benzene rings is 1. The number of hydrazone groups is 1. The van der Waals surface area contributed by atoms with Crippen molar-refractivity contribution < 1.29 is 4.79 Å². The number of carbonyl (C=O) groups is 1. The molecule has 1 aliphatic rings. The largest absolute Gasteiger partial charge is 0.292 e. The van der Waals surface area contributed by atoms with Crippen molar-refractivity contribution in [1.82, 2.24) is 15.6 Å². The van der Waals surface area contributed by atoms with E-state index in [2.05, 4.69) is 36.7 Å². The smallest absolute Gasteiger partial charge is 0.281 e. The summed E-state index contributed by atoms with van der Waals surface area (Å²) in [6.07, 6.45) is 5.75. The Balaban J connectivity index is 1.66. The van der Waals surface area contributed by atoms with E-state index in [9.17, 15) is 4.79 Å². The fourth-order valence-corrected chi connectivity index (χ4v) is 2.70. The molecule has 0 radical (unpaired) electrons. The number of carbonyl (C=O) groups excluding carboxylic acids is 1. The molecule has 0 spiro atoms. The van der Waals surface area contributed by atoms with Gasteiger partial charge in [-0.25, -0.2) is 5.43 Å². The van der Waals surface area contributed by atoms with Gasteiger partial charge < -0.3 is 0 Å². The summed E-state index contributed by atoms with van der Waals surface area (Å²) in [7, 11) is 0. The average Bonchev–Trinajstić information content (AvgIpc) is 2.93. The Morgan fingerprint density at radius 3 is 2.86 bits per heavy atom. The van der Waals surface area contributed by atoms with Gasteiger partial charge in [-0.2, -0.15) is 10.2 Å². The Morgan fingerprint density at radius 2 is 2.05 bits per heavy atom. The van der Waals surface area contributed by atoms with Crippen LogP contribution in [-0.2, 0) is 12.8 Å². The topological polar surface area (TPSA) is 70.1 Å². The van der Waals surface area contributed by atoms with E-state index in [0.29, 0.717) is 5.69 Å². The second-order valence-electron chi connectivity index (χ2n) is 4.99. The summed E-state index contributed by atoms with van der Waals surface area (Å²) in [6, 6.07) is 7.67. The van der Waals surface area contributed by atoms with Gasteiger partial charge in [0.1, 0.15) is 0 Å². The molecule has 2 aromatic rings. The third-order valence-electron chi connectivity index (χ3n) is 3.52. The summed E-state index contributed by atoms with van der Waals surface area (Å²) in [5.74, 6) is -0.261. The van der Waals surface area contributed by atoms with E-state index in [1.54, 1.807) is 6.21 Å². The molecule has 1 heterocycles. The second-order valence-corrected chi connectivity index (χ2v) is 5.90. The van der Waals surface area contributed by atoms with Gasteiger partial charge in [0.2, 0.25) is 0 Å². The molecule has 0 unspecified atom stereocenters. The van der Waals surface area contributed by atoms with Crippen molar-refractivity contribution in [2.45, 2.75) is 25.7 Å². The molecule has 0 atom stereocenters.